The number of nitrogens with zero attached hydrogens (tertiary/aromatic N) is 2. The van der Waals surface area contributed by atoms with E-state index in [0.717, 1.165) is 9.35 Å². The molecule has 21 heavy (non-hydrogen) atoms. The fourth-order valence-corrected chi connectivity index (χ4v) is 3.13. The van der Waals surface area contributed by atoms with Gasteiger partial charge >= 0.3 is 0 Å². The number of thiophene rings is 1. The summed E-state index contributed by atoms with van der Waals surface area (Å²) in [4.78, 5) is 0.939. The van der Waals surface area contributed by atoms with E-state index in [-0.39, 0.29) is 6.10 Å². The molecule has 4 nitrogen and oxygen atoms in total. The minimum absolute atomic E-state index is 0.358. The van der Waals surface area contributed by atoms with Gasteiger partial charge in [0.2, 0.25) is 0 Å². The van der Waals surface area contributed by atoms with Crippen molar-refractivity contribution in [1.82, 2.24) is 10.2 Å². The summed E-state index contributed by atoms with van der Waals surface area (Å²) in [5.41, 5.74) is 0. The third kappa shape index (κ3) is 3.28. The smallest absolute Gasteiger partial charge is 0.257 e. The van der Waals surface area contributed by atoms with E-state index in [1.54, 1.807) is 29.5 Å². The van der Waals surface area contributed by atoms with E-state index in [0.29, 0.717) is 22.6 Å². The van der Waals surface area contributed by atoms with Gasteiger partial charge in [-0.2, -0.15) is 0 Å². The summed E-state index contributed by atoms with van der Waals surface area (Å²) in [7, 11) is 0. The van der Waals surface area contributed by atoms with Crippen LogP contribution in [0.5, 0.6) is 5.75 Å². The van der Waals surface area contributed by atoms with E-state index in [2.05, 4.69) is 26.1 Å². The largest absolute Gasteiger partial charge is 0.480 e. The molecule has 0 bridgehead atoms. The zero-order valence-electron chi connectivity index (χ0n) is 10.9. The summed E-state index contributed by atoms with van der Waals surface area (Å²) in [6, 6.07) is 9.20. The van der Waals surface area contributed by atoms with Gasteiger partial charge in [0, 0.05) is 5.02 Å². The molecule has 0 aliphatic heterocycles. The molecule has 0 amide bonds. The molecule has 1 unspecified atom stereocenters. The van der Waals surface area contributed by atoms with E-state index in [4.69, 9.17) is 20.8 Å². The van der Waals surface area contributed by atoms with Crippen molar-refractivity contribution in [2.75, 3.05) is 0 Å². The van der Waals surface area contributed by atoms with Gasteiger partial charge in [-0.1, -0.05) is 17.7 Å². The van der Waals surface area contributed by atoms with Gasteiger partial charge < -0.3 is 9.15 Å². The van der Waals surface area contributed by atoms with Crippen LogP contribution in [0.25, 0.3) is 10.8 Å². The van der Waals surface area contributed by atoms with Gasteiger partial charge in [0.15, 0.2) is 6.10 Å². The molecule has 1 aromatic carbocycles. The SMILES string of the molecule is CC(Oc1ccc(Cl)cc1Br)c1nnc(-c2cccs2)o1. The maximum atomic E-state index is 5.91. The summed E-state index contributed by atoms with van der Waals surface area (Å²) >= 11 is 10.9. The Morgan fingerprint density at radius 2 is 2.19 bits per heavy atom. The second-order valence-electron chi connectivity index (χ2n) is 4.26. The lowest BCUT2D eigenvalue weighted by molar-refractivity contribution is 0.188. The Hall–Kier alpha value is -1.37. The molecule has 0 saturated carbocycles. The molecule has 0 aliphatic rings. The van der Waals surface area contributed by atoms with Gasteiger partial charge in [-0.25, -0.2) is 0 Å². The molecule has 0 saturated heterocycles. The van der Waals surface area contributed by atoms with Gasteiger partial charge in [-0.05, 0) is 52.5 Å². The van der Waals surface area contributed by atoms with Crippen molar-refractivity contribution in [3.05, 3.63) is 51.1 Å². The first-order valence-electron chi connectivity index (χ1n) is 6.12. The monoisotopic (exact) mass is 384 g/mol. The molecule has 108 valence electrons. The van der Waals surface area contributed by atoms with E-state index in [1.165, 1.54) is 0 Å². The highest BCUT2D eigenvalue weighted by Gasteiger charge is 2.18. The van der Waals surface area contributed by atoms with Crippen LogP contribution in [0, 0.1) is 0 Å². The molecule has 2 aromatic heterocycles. The topological polar surface area (TPSA) is 48.2 Å². The molecule has 0 N–H and O–H groups in total. The number of aromatic nitrogens is 2. The molecule has 2 heterocycles. The van der Waals surface area contributed by atoms with Gasteiger partial charge in [0.25, 0.3) is 11.8 Å². The average molecular weight is 386 g/mol. The quantitative estimate of drug-likeness (QED) is 0.607. The van der Waals surface area contributed by atoms with Crippen LogP contribution >= 0.6 is 38.9 Å². The Morgan fingerprint density at radius 1 is 1.33 bits per heavy atom. The second-order valence-corrected chi connectivity index (χ2v) is 6.50. The van der Waals surface area contributed by atoms with Crippen LogP contribution in [0.15, 0.2) is 44.6 Å². The van der Waals surface area contributed by atoms with Crippen molar-refractivity contribution in [2.45, 2.75) is 13.0 Å². The first kappa shape index (κ1) is 14.6. The Bertz CT molecular complexity index is 745. The zero-order chi connectivity index (χ0) is 14.8. The number of benzene rings is 1. The predicted molar refractivity (Wildman–Crippen MR) is 85.8 cm³/mol. The van der Waals surface area contributed by atoms with E-state index in [1.807, 2.05) is 24.4 Å². The third-order valence-corrected chi connectivity index (χ3v) is 4.43. The minimum atomic E-state index is -0.358. The van der Waals surface area contributed by atoms with Crippen LogP contribution in [0.4, 0.5) is 0 Å². The van der Waals surface area contributed by atoms with E-state index >= 15 is 0 Å². The van der Waals surface area contributed by atoms with Gasteiger partial charge in [0.05, 0.1) is 9.35 Å². The predicted octanol–water partition coefficient (Wildman–Crippen LogP) is 5.35. The van der Waals surface area contributed by atoms with Crippen molar-refractivity contribution < 1.29 is 9.15 Å². The molecule has 0 fully saturated rings. The molecule has 0 radical (unpaired) electrons. The lowest BCUT2D eigenvalue weighted by atomic mass is 10.3. The number of hydrogen-bond donors (Lipinski definition) is 0. The fourth-order valence-electron chi connectivity index (χ4n) is 1.71. The molecule has 1 atom stereocenters. The van der Waals surface area contributed by atoms with Crippen molar-refractivity contribution in [3.8, 4) is 16.5 Å². The number of rotatable bonds is 4. The summed E-state index contributed by atoms with van der Waals surface area (Å²) in [5.74, 6) is 1.61. The zero-order valence-corrected chi connectivity index (χ0v) is 14.1. The van der Waals surface area contributed by atoms with E-state index in [9.17, 15) is 0 Å². The van der Waals surface area contributed by atoms with Crippen molar-refractivity contribution in [1.29, 1.82) is 0 Å². The van der Waals surface area contributed by atoms with Crippen LogP contribution < -0.4 is 4.74 Å². The Kier molecular flexibility index (Phi) is 4.28. The third-order valence-electron chi connectivity index (χ3n) is 2.72. The first-order valence-corrected chi connectivity index (χ1v) is 8.17. The summed E-state index contributed by atoms with van der Waals surface area (Å²) in [5, 5.41) is 10.7. The lowest BCUT2D eigenvalue weighted by Crippen LogP contribution is -2.03. The van der Waals surface area contributed by atoms with Crippen molar-refractivity contribution >= 4 is 38.9 Å². The van der Waals surface area contributed by atoms with Crippen LogP contribution in [-0.2, 0) is 0 Å². The van der Waals surface area contributed by atoms with Crippen molar-refractivity contribution in [2.24, 2.45) is 0 Å². The number of halogens is 2. The van der Waals surface area contributed by atoms with Crippen LogP contribution in [0.3, 0.4) is 0 Å². The Labute approximate surface area is 138 Å². The molecule has 0 spiro atoms. The Morgan fingerprint density at radius 3 is 2.90 bits per heavy atom. The van der Waals surface area contributed by atoms with Gasteiger partial charge in [-0.3, -0.25) is 0 Å². The fraction of sp³-hybridized carbons (Fsp3) is 0.143. The number of ether oxygens (including phenoxy) is 1. The van der Waals surface area contributed by atoms with Crippen LogP contribution in [0.1, 0.15) is 18.9 Å². The number of hydrogen-bond acceptors (Lipinski definition) is 5. The summed E-state index contributed by atoms with van der Waals surface area (Å²) < 4.78 is 12.2. The highest BCUT2D eigenvalue weighted by molar-refractivity contribution is 9.10. The summed E-state index contributed by atoms with van der Waals surface area (Å²) in [6.45, 7) is 1.85. The van der Waals surface area contributed by atoms with Gasteiger partial charge in [0.1, 0.15) is 5.75 Å². The highest BCUT2D eigenvalue weighted by Crippen LogP contribution is 2.32. The molecular formula is C14H10BrClN2O2S. The lowest BCUT2D eigenvalue weighted by Gasteiger charge is -2.12. The Balaban J connectivity index is 1.78. The first-order chi connectivity index (χ1) is 10.1. The van der Waals surface area contributed by atoms with Crippen molar-refractivity contribution in [3.63, 3.8) is 0 Å². The van der Waals surface area contributed by atoms with E-state index < -0.39 is 0 Å². The average Bonchev–Trinajstić information content (AvgIpc) is 3.10. The minimum Gasteiger partial charge on any atom is -0.480 e. The molecule has 7 heteroatoms. The summed E-state index contributed by atoms with van der Waals surface area (Å²) in [6.07, 6.45) is -0.358. The maximum absolute atomic E-state index is 5.91. The second kappa shape index (κ2) is 6.17. The molecule has 3 aromatic rings. The van der Waals surface area contributed by atoms with Crippen LogP contribution in [-0.4, -0.2) is 10.2 Å². The highest BCUT2D eigenvalue weighted by atomic mass is 79.9. The standard InChI is InChI=1S/C14H10BrClN2O2S/c1-8(19-11-5-4-9(16)7-10(11)15)13-17-18-14(20-13)12-3-2-6-21-12/h2-8H,1H3. The maximum Gasteiger partial charge on any atom is 0.257 e. The molecular weight excluding hydrogens is 376 g/mol. The normalized spacial score (nSPS) is 12.3. The molecule has 0 aliphatic carbocycles. The van der Waals surface area contributed by atoms with Gasteiger partial charge in [-0.15, -0.1) is 21.5 Å². The van der Waals surface area contributed by atoms with Crippen LogP contribution in [0.2, 0.25) is 5.02 Å². The molecule has 3 rings (SSSR count).